The van der Waals surface area contributed by atoms with Gasteiger partial charge >= 0.3 is 0 Å². The second-order valence-corrected chi connectivity index (χ2v) is 37.0. The molecule has 4 fully saturated rings. The van der Waals surface area contributed by atoms with Crippen LogP contribution in [-0.2, 0) is 21.7 Å². The van der Waals surface area contributed by atoms with Crippen LogP contribution in [0.5, 0.6) is 0 Å². The Kier molecular flexibility index (Phi) is 19.2. The predicted octanol–water partition coefficient (Wildman–Crippen LogP) is 31.8. The van der Waals surface area contributed by atoms with Crippen molar-refractivity contribution in [3.63, 3.8) is 0 Å². The molecule has 0 aromatic heterocycles. The molecule has 0 bridgehead atoms. The summed E-state index contributed by atoms with van der Waals surface area (Å²) in [5.74, 6) is 2.51. The highest BCUT2D eigenvalue weighted by atomic mass is 15.2. The molecule has 2 unspecified atom stereocenters. The topological polar surface area (TPSA) is 6.48 Å². The summed E-state index contributed by atoms with van der Waals surface area (Å²) < 4.78 is 0. The van der Waals surface area contributed by atoms with Gasteiger partial charge in [-0.25, -0.2) is 0 Å². The molecule has 0 saturated heterocycles. The van der Waals surface area contributed by atoms with Crippen LogP contribution in [0.4, 0.5) is 34.1 Å². The van der Waals surface area contributed by atoms with Crippen LogP contribution in [-0.4, -0.2) is 0 Å². The SMILES string of the molecule is CC1(C)c2cc(C3CCCCC3)ccc2-c2ccc(N(c3ccccc3)c3ccc4c(c3)C(c3ccccc3)(c3cccc(C5CCCCC5)c3)c3ccccc3-4)cc21.CC1(C)c2ccccc2-c2ccc(N(c3ccc4c(c3)C(c3ccccc3)(c3cccc(C5CCCCC5)c3)c3ccccc3-4)c3ccccc3C3CCCCC3)cc21. The van der Waals surface area contributed by atoms with Gasteiger partial charge in [-0.05, 0) is 275 Å². The van der Waals surface area contributed by atoms with Crippen molar-refractivity contribution in [1.82, 2.24) is 0 Å². The zero-order valence-corrected chi connectivity index (χ0v) is 69.5. The van der Waals surface area contributed by atoms with Gasteiger partial charge in [0.05, 0.1) is 10.8 Å². The highest BCUT2D eigenvalue weighted by Crippen LogP contribution is 2.62. The Bertz CT molecular complexity index is 6070. The lowest BCUT2D eigenvalue weighted by Crippen LogP contribution is -2.29. The minimum atomic E-state index is -0.468. The quantitative estimate of drug-likeness (QED) is 0.107. The lowest BCUT2D eigenvalue weighted by atomic mass is 9.67. The number of nitrogens with zero attached hydrogens (tertiary/aromatic N) is 2. The Balaban J connectivity index is 0.000000147. The smallest absolute Gasteiger partial charge is 0.0714 e. The van der Waals surface area contributed by atoms with E-state index in [0.29, 0.717) is 23.7 Å². The summed E-state index contributed by atoms with van der Waals surface area (Å²) in [6.07, 6.45) is 26.4. The van der Waals surface area contributed by atoms with Crippen molar-refractivity contribution in [3.8, 4) is 44.5 Å². The maximum Gasteiger partial charge on any atom is 0.0714 e. The van der Waals surface area contributed by atoms with Gasteiger partial charge in [0.15, 0.2) is 0 Å². The molecule has 2 heteroatoms. The van der Waals surface area contributed by atoms with Crippen molar-refractivity contribution < 1.29 is 0 Å². The fraction of sp³-hybridized carbons (Fsp3) is 0.276. The number of hydrogen-bond donors (Lipinski definition) is 0. The number of anilines is 6. The van der Waals surface area contributed by atoms with Crippen molar-refractivity contribution in [2.45, 2.75) is 201 Å². The molecule has 0 amide bonds. The van der Waals surface area contributed by atoms with Crippen LogP contribution in [0.1, 0.15) is 269 Å². The van der Waals surface area contributed by atoms with Crippen molar-refractivity contribution in [2.24, 2.45) is 0 Å². The van der Waals surface area contributed by atoms with Gasteiger partial charge in [0.25, 0.3) is 0 Å². The number of hydrogen-bond acceptors (Lipinski definition) is 2. The molecule has 0 aliphatic heterocycles. The maximum atomic E-state index is 2.63. The molecule has 14 aromatic rings. The first-order chi connectivity index (χ1) is 58.0. The van der Waals surface area contributed by atoms with Crippen LogP contribution in [0.15, 0.2) is 328 Å². The van der Waals surface area contributed by atoms with Crippen LogP contribution in [0.25, 0.3) is 44.5 Å². The third-order valence-electron chi connectivity index (χ3n) is 29.9. The second kappa shape index (κ2) is 30.6. The molecular formula is C116H110N2. The zero-order valence-electron chi connectivity index (χ0n) is 69.5. The first-order valence-corrected chi connectivity index (χ1v) is 45.1. The van der Waals surface area contributed by atoms with Crippen LogP contribution in [0.2, 0.25) is 0 Å². The molecule has 118 heavy (non-hydrogen) atoms. The summed E-state index contributed by atoms with van der Waals surface area (Å²) in [6.45, 7) is 9.70. The first kappa shape index (κ1) is 74.2. The van der Waals surface area contributed by atoms with Crippen molar-refractivity contribution >= 4 is 34.1 Å². The zero-order chi connectivity index (χ0) is 79.1. The standard InChI is InChI=1S/2C58H55N/c1-57(2)54-37-43(41-20-9-4-10-21-41)30-33-50(54)51-34-31-47(38-55(51)57)59(46-26-13-6-14-27-46)48-32-35-52-49-28-15-16-29-53(49)58(56(52)39-48,44-23-11-5-12-24-44)45-25-17-22-42(36-45)40-18-7-3-8-19-40;1-57(2)52-30-15-12-28-48(52)50-35-33-45(38-54(50)57)59(56-32-17-14-27-47(56)41-21-8-4-9-22-41)46-34-36-51-49-29-13-16-31-53(49)58(55(51)39-46,43-24-10-5-11-25-43)44-26-18-23-42(37-44)40-19-6-3-7-20-40/h5-6,11-17,22-41H,3-4,7-10,18-21H2,1-2H3;5,10-18,23-41H,3-4,6-9,19-22H2,1-2H3. The third-order valence-corrected chi connectivity index (χ3v) is 29.9. The van der Waals surface area contributed by atoms with Crippen LogP contribution in [0.3, 0.4) is 0 Å². The normalized spacial score (nSPS) is 19.4. The Morgan fingerprint density at radius 3 is 0.975 bits per heavy atom. The van der Waals surface area contributed by atoms with Gasteiger partial charge in [-0.2, -0.15) is 0 Å². The van der Waals surface area contributed by atoms with E-state index in [4.69, 9.17) is 0 Å². The lowest BCUT2D eigenvalue weighted by molar-refractivity contribution is 0.443. The Hall–Kier alpha value is -11.3. The largest absolute Gasteiger partial charge is 0.310 e. The van der Waals surface area contributed by atoms with Gasteiger partial charge in [-0.15, -0.1) is 0 Å². The van der Waals surface area contributed by atoms with Crippen LogP contribution < -0.4 is 9.80 Å². The highest BCUT2D eigenvalue weighted by molar-refractivity contribution is 5.94. The molecule has 8 aliphatic carbocycles. The summed E-state index contributed by atoms with van der Waals surface area (Å²) in [6, 6.07) is 127. The number of para-hydroxylation sites is 2. The Morgan fingerprint density at radius 2 is 0.517 bits per heavy atom. The molecule has 0 heterocycles. The predicted molar refractivity (Wildman–Crippen MR) is 495 cm³/mol. The van der Waals surface area contributed by atoms with E-state index in [2.05, 4.69) is 365 Å². The molecule has 2 nitrogen and oxygen atoms in total. The van der Waals surface area contributed by atoms with E-state index in [9.17, 15) is 0 Å². The number of fused-ring (bicyclic) bond motifs is 12. The van der Waals surface area contributed by atoms with Gasteiger partial charge in [-0.1, -0.05) is 366 Å². The fourth-order valence-corrected chi connectivity index (χ4v) is 24.0. The molecule has 0 spiro atoms. The van der Waals surface area contributed by atoms with E-state index in [1.807, 2.05) is 0 Å². The summed E-state index contributed by atoms with van der Waals surface area (Å²) in [5.41, 5.74) is 39.6. The lowest BCUT2D eigenvalue weighted by Gasteiger charge is -2.36. The van der Waals surface area contributed by atoms with Gasteiger partial charge in [0.1, 0.15) is 0 Å². The fourth-order valence-electron chi connectivity index (χ4n) is 24.0. The summed E-state index contributed by atoms with van der Waals surface area (Å²) in [5, 5.41) is 0. The molecule has 0 radical (unpaired) electrons. The third kappa shape index (κ3) is 12.4. The van der Waals surface area contributed by atoms with E-state index in [0.717, 1.165) is 0 Å². The van der Waals surface area contributed by atoms with Gasteiger partial charge in [-0.3, -0.25) is 0 Å². The first-order valence-electron chi connectivity index (χ1n) is 45.1. The van der Waals surface area contributed by atoms with E-state index < -0.39 is 10.8 Å². The highest BCUT2D eigenvalue weighted by Gasteiger charge is 2.50. The molecule has 22 rings (SSSR count). The van der Waals surface area contributed by atoms with Gasteiger partial charge in [0.2, 0.25) is 0 Å². The van der Waals surface area contributed by atoms with Gasteiger partial charge < -0.3 is 9.80 Å². The van der Waals surface area contributed by atoms with Crippen molar-refractivity contribution in [2.75, 3.05) is 9.80 Å². The Labute approximate surface area is 701 Å². The molecule has 14 aromatic carbocycles. The van der Waals surface area contributed by atoms with E-state index >= 15 is 0 Å². The minimum Gasteiger partial charge on any atom is -0.310 e. The monoisotopic (exact) mass is 1530 g/mol. The number of benzene rings is 14. The van der Waals surface area contributed by atoms with Crippen LogP contribution in [0, 0.1) is 0 Å². The molecule has 2 atom stereocenters. The molecule has 4 saturated carbocycles. The van der Waals surface area contributed by atoms with E-state index in [-0.39, 0.29) is 10.8 Å². The average molecular weight is 1530 g/mol. The summed E-state index contributed by atoms with van der Waals surface area (Å²) >= 11 is 0. The van der Waals surface area contributed by atoms with Crippen LogP contribution >= 0.6 is 0 Å². The van der Waals surface area contributed by atoms with Crippen molar-refractivity contribution in [1.29, 1.82) is 0 Å². The minimum absolute atomic E-state index is 0.0954. The number of rotatable bonds is 14. The summed E-state index contributed by atoms with van der Waals surface area (Å²) in [7, 11) is 0. The van der Waals surface area contributed by atoms with Gasteiger partial charge in [0, 0.05) is 45.0 Å². The maximum absolute atomic E-state index is 2.63. The molecule has 8 aliphatic rings. The molecule has 0 N–H and O–H groups in total. The Morgan fingerprint density at radius 1 is 0.203 bits per heavy atom. The average Bonchev–Trinajstić information content (AvgIpc) is 1.54. The summed E-state index contributed by atoms with van der Waals surface area (Å²) in [4.78, 5) is 5.13. The van der Waals surface area contributed by atoms with E-state index in [1.165, 1.54) is 291 Å². The molecular weight excluding hydrogens is 1420 g/mol. The second-order valence-electron chi connectivity index (χ2n) is 37.0. The van der Waals surface area contributed by atoms with Crippen molar-refractivity contribution in [3.05, 3.63) is 417 Å². The molecule has 584 valence electrons. The van der Waals surface area contributed by atoms with E-state index in [1.54, 1.807) is 5.56 Å².